The van der Waals surface area contributed by atoms with E-state index in [9.17, 15) is 22.8 Å². The normalized spacial score (nSPS) is 18.6. The molecule has 10 heteroatoms. The van der Waals surface area contributed by atoms with E-state index in [1.54, 1.807) is 30.7 Å². The monoisotopic (exact) mass is 535 g/mol. The van der Waals surface area contributed by atoms with Crippen LogP contribution in [-0.4, -0.2) is 65.2 Å². The van der Waals surface area contributed by atoms with Gasteiger partial charge in [0.15, 0.2) is 0 Å². The Morgan fingerprint density at radius 2 is 1.71 bits per heavy atom. The Balaban J connectivity index is 1.78. The van der Waals surface area contributed by atoms with Gasteiger partial charge in [-0.1, -0.05) is 30.3 Å². The first-order valence-corrected chi connectivity index (χ1v) is 12.6. The summed E-state index contributed by atoms with van der Waals surface area (Å²) in [7, 11) is 1.69. The molecule has 1 aromatic heterocycles. The zero-order valence-corrected chi connectivity index (χ0v) is 22.7. The topological polar surface area (TPSA) is 72.0 Å². The molecular formula is C28H36F3N3O4. The number of rotatable bonds is 6. The van der Waals surface area contributed by atoms with E-state index in [4.69, 9.17) is 9.47 Å². The van der Waals surface area contributed by atoms with Gasteiger partial charge in [-0.05, 0) is 58.7 Å². The first-order chi connectivity index (χ1) is 17.6. The molecular weight excluding hydrogens is 499 g/mol. The number of carbonyl (C=O) groups excluding carboxylic acids is 2. The average molecular weight is 536 g/mol. The molecule has 0 spiro atoms. The number of likely N-dealkylation sites (tertiary alicyclic amines) is 1. The number of benzene rings is 1. The second-order valence-corrected chi connectivity index (χ2v) is 11.2. The Bertz CT molecular complexity index is 1120. The largest absolute Gasteiger partial charge is 0.476 e. The van der Waals surface area contributed by atoms with Crippen molar-refractivity contribution in [3.63, 3.8) is 0 Å². The fourth-order valence-electron chi connectivity index (χ4n) is 4.58. The molecule has 38 heavy (non-hydrogen) atoms. The van der Waals surface area contributed by atoms with E-state index in [1.807, 2.05) is 51.1 Å². The van der Waals surface area contributed by atoms with Crippen molar-refractivity contribution in [3.8, 4) is 5.88 Å². The van der Waals surface area contributed by atoms with E-state index in [2.05, 4.69) is 4.98 Å². The van der Waals surface area contributed by atoms with E-state index in [1.165, 1.54) is 12.3 Å². The van der Waals surface area contributed by atoms with Crippen molar-refractivity contribution < 1.29 is 32.2 Å². The molecule has 0 bridgehead atoms. The summed E-state index contributed by atoms with van der Waals surface area (Å²) in [5.41, 5.74) is -1.79. The Morgan fingerprint density at radius 1 is 1.05 bits per heavy atom. The van der Waals surface area contributed by atoms with Crippen LogP contribution in [0.5, 0.6) is 5.88 Å². The van der Waals surface area contributed by atoms with Crippen LogP contribution in [0.2, 0.25) is 0 Å². The first kappa shape index (κ1) is 29.3. The highest BCUT2D eigenvalue weighted by molar-refractivity contribution is 5.82. The van der Waals surface area contributed by atoms with Crippen molar-refractivity contribution in [2.75, 3.05) is 26.7 Å². The molecule has 0 aliphatic carbocycles. The molecule has 2 aromatic rings. The second kappa shape index (κ2) is 11.2. The number of alkyl halides is 3. The van der Waals surface area contributed by atoms with Gasteiger partial charge in [-0.3, -0.25) is 4.79 Å². The summed E-state index contributed by atoms with van der Waals surface area (Å²) in [6, 6.07) is 11.5. The Hall–Kier alpha value is -3.30. The Morgan fingerprint density at radius 3 is 2.32 bits per heavy atom. The van der Waals surface area contributed by atoms with Crippen molar-refractivity contribution >= 4 is 12.0 Å². The van der Waals surface area contributed by atoms with E-state index in [0.29, 0.717) is 19.5 Å². The van der Waals surface area contributed by atoms with Crippen molar-refractivity contribution in [1.29, 1.82) is 0 Å². The molecule has 2 atom stereocenters. The third-order valence-electron chi connectivity index (χ3n) is 6.50. The maximum Gasteiger partial charge on any atom is 0.421 e. The van der Waals surface area contributed by atoms with Crippen molar-refractivity contribution in [2.24, 2.45) is 5.41 Å². The Kier molecular flexibility index (Phi) is 8.63. The van der Waals surface area contributed by atoms with Crippen LogP contribution in [-0.2, 0) is 15.7 Å². The van der Waals surface area contributed by atoms with Crippen LogP contribution in [0.3, 0.4) is 0 Å². The van der Waals surface area contributed by atoms with Crippen LogP contribution in [0.4, 0.5) is 18.0 Å². The van der Waals surface area contributed by atoms with Crippen LogP contribution in [0.1, 0.15) is 58.1 Å². The zero-order chi connectivity index (χ0) is 28.3. The number of hydrogen-bond acceptors (Lipinski definition) is 5. The number of aromatic nitrogens is 1. The van der Waals surface area contributed by atoms with Crippen molar-refractivity contribution in [3.05, 3.63) is 59.8 Å². The highest BCUT2D eigenvalue weighted by Crippen LogP contribution is 2.36. The minimum absolute atomic E-state index is 0.184. The average Bonchev–Trinajstić information content (AvgIpc) is 2.85. The number of pyridine rings is 1. The van der Waals surface area contributed by atoms with Gasteiger partial charge in [0.05, 0.1) is 5.41 Å². The number of amides is 2. The minimum Gasteiger partial charge on any atom is -0.476 e. The molecule has 0 N–H and O–H groups in total. The van der Waals surface area contributed by atoms with E-state index < -0.39 is 34.7 Å². The van der Waals surface area contributed by atoms with Crippen LogP contribution >= 0.6 is 0 Å². The molecule has 0 unspecified atom stereocenters. The van der Waals surface area contributed by atoms with E-state index >= 15 is 0 Å². The lowest BCUT2D eigenvalue weighted by Crippen LogP contribution is -2.55. The van der Waals surface area contributed by atoms with Gasteiger partial charge in [0.25, 0.3) is 0 Å². The molecule has 1 aromatic carbocycles. The minimum atomic E-state index is -4.63. The third kappa shape index (κ3) is 7.17. The number of carbonyl (C=O) groups is 2. The van der Waals surface area contributed by atoms with Crippen LogP contribution in [0.25, 0.3) is 0 Å². The molecule has 1 aliphatic rings. The van der Waals surface area contributed by atoms with Crippen LogP contribution in [0.15, 0.2) is 48.7 Å². The van der Waals surface area contributed by atoms with Crippen LogP contribution in [0, 0.1) is 5.41 Å². The molecule has 1 fully saturated rings. The number of nitrogens with zero attached hydrogens (tertiary/aromatic N) is 3. The molecule has 3 rings (SSSR count). The van der Waals surface area contributed by atoms with Gasteiger partial charge in [-0.15, -0.1) is 0 Å². The first-order valence-electron chi connectivity index (χ1n) is 12.6. The van der Waals surface area contributed by atoms with Gasteiger partial charge in [-0.2, -0.15) is 13.2 Å². The lowest BCUT2D eigenvalue weighted by atomic mass is 9.83. The zero-order valence-electron chi connectivity index (χ0n) is 22.7. The number of ether oxygens (including phenoxy) is 2. The van der Waals surface area contributed by atoms with E-state index in [-0.39, 0.29) is 24.5 Å². The highest BCUT2D eigenvalue weighted by Gasteiger charge is 2.42. The fraction of sp³-hybridized carbons (Fsp3) is 0.536. The summed E-state index contributed by atoms with van der Waals surface area (Å²) in [4.78, 5) is 33.5. The number of halogens is 3. The molecule has 0 saturated carbocycles. The van der Waals surface area contributed by atoms with E-state index in [0.717, 1.165) is 11.6 Å². The van der Waals surface area contributed by atoms with Gasteiger partial charge < -0.3 is 19.3 Å². The third-order valence-corrected chi connectivity index (χ3v) is 6.50. The van der Waals surface area contributed by atoms with Gasteiger partial charge in [-0.25, -0.2) is 9.78 Å². The molecule has 208 valence electrons. The predicted molar refractivity (Wildman–Crippen MR) is 137 cm³/mol. The molecule has 7 nitrogen and oxygen atoms in total. The quantitative estimate of drug-likeness (QED) is 0.471. The van der Waals surface area contributed by atoms with Gasteiger partial charge in [0.2, 0.25) is 11.8 Å². The lowest BCUT2D eigenvalue weighted by Gasteiger charge is -2.44. The Labute approximate surface area is 221 Å². The number of hydrogen-bond donors (Lipinski definition) is 0. The summed E-state index contributed by atoms with van der Waals surface area (Å²) >= 11 is 0. The smallest absolute Gasteiger partial charge is 0.421 e. The number of piperidine rings is 1. The van der Waals surface area contributed by atoms with Crippen LogP contribution < -0.4 is 4.74 Å². The summed E-state index contributed by atoms with van der Waals surface area (Å²) in [5, 5.41) is 0. The van der Waals surface area contributed by atoms with Crippen molar-refractivity contribution in [1.82, 2.24) is 14.8 Å². The maximum absolute atomic E-state index is 13.6. The molecule has 1 aliphatic heterocycles. The number of likely N-dealkylation sites (N-methyl/N-ethyl adjacent to an activating group) is 1. The summed E-state index contributed by atoms with van der Waals surface area (Å²) < 4.78 is 51.1. The van der Waals surface area contributed by atoms with Gasteiger partial charge >= 0.3 is 12.3 Å². The molecule has 2 heterocycles. The summed E-state index contributed by atoms with van der Waals surface area (Å²) in [5.74, 6) is -1.02. The molecule has 2 amide bonds. The van der Waals surface area contributed by atoms with Gasteiger partial charge in [0.1, 0.15) is 17.8 Å². The summed E-state index contributed by atoms with van der Waals surface area (Å²) in [6.07, 6.45) is -3.31. The lowest BCUT2D eigenvalue weighted by molar-refractivity contribution is -0.144. The standard InChI is InChI=1S/C28H36F3N3O4/c1-26(2,3)38-25(36)34-16-14-22(20(17-34)19-11-8-7-9-12-19)33(6)24(35)27(4,5)18-37-23-21(28(29,30)31)13-10-15-32-23/h7-13,15,20,22H,14,16-18H2,1-6H3/t20-,22+/m0/s1. The highest BCUT2D eigenvalue weighted by atomic mass is 19.4. The summed E-state index contributed by atoms with van der Waals surface area (Å²) in [6.45, 7) is 9.18. The fourth-order valence-corrected chi connectivity index (χ4v) is 4.58. The van der Waals surface area contributed by atoms with Crippen molar-refractivity contribution in [2.45, 2.75) is 64.8 Å². The SMILES string of the molecule is CN(C(=O)C(C)(C)COc1ncccc1C(F)(F)F)[C@@H]1CCN(C(=O)OC(C)(C)C)C[C@H]1c1ccccc1. The molecule has 1 saturated heterocycles. The predicted octanol–water partition coefficient (Wildman–Crippen LogP) is 5.76. The molecule has 0 radical (unpaired) electrons. The maximum atomic E-state index is 13.6. The second-order valence-electron chi connectivity index (χ2n) is 11.2. The van der Waals surface area contributed by atoms with Gasteiger partial charge in [0, 0.05) is 38.3 Å².